The smallest absolute Gasteiger partial charge is 0.354 e. The van der Waals surface area contributed by atoms with Gasteiger partial charge in [-0.1, -0.05) is 43.7 Å². The van der Waals surface area contributed by atoms with E-state index >= 15 is 0 Å². The van der Waals surface area contributed by atoms with Crippen LogP contribution in [0.25, 0.3) is 16.2 Å². The van der Waals surface area contributed by atoms with Crippen LogP contribution in [0.3, 0.4) is 0 Å². The van der Waals surface area contributed by atoms with E-state index in [1.165, 1.54) is 11.3 Å². The van der Waals surface area contributed by atoms with Gasteiger partial charge in [0.05, 0.1) is 11.4 Å². The van der Waals surface area contributed by atoms with Gasteiger partial charge in [-0.25, -0.2) is 9.78 Å². The maximum absolute atomic E-state index is 11.6. The Kier molecular flexibility index (Phi) is 3.28. The van der Waals surface area contributed by atoms with E-state index < -0.39 is 5.97 Å². The second-order valence-corrected chi connectivity index (χ2v) is 5.40. The Bertz CT molecular complexity index is 759. The van der Waals surface area contributed by atoms with Crippen molar-refractivity contribution in [3.63, 3.8) is 0 Å². The molecule has 0 aliphatic heterocycles. The van der Waals surface area contributed by atoms with Crippen molar-refractivity contribution in [1.29, 1.82) is 0 Å². The van der Waals surface area contributed by atoms with Crippen molar-refractivity contribution in [3.05, 3.63) is 47.1 Å². The zero-order valence-electron chi connectivity index (χ0n) is 11.0. The lowest BCUT2D eigenvalue weighted by atomic mass is 10.1. The highest BCUT2D eigenvalue weighted by molar-refractivity contribution is 7.15. The molecule has 0 aliphatic rings. The number of aryl methyl sites for hydroxylation is 1. The number of carboxylic acids is 1. The normalized spacial score (nSPS) is 11.1. The molecule has 0 radical (unpaired) electrons. The summed E-state index contributed by atoms with van der Waals surface area (Å²) in [5, 5.41) is 11.5. The number of aromatic nitrogens is 2. The van der Waals surface area contributed by atoms with Crippen LogP contribution in [0.15, 0.2) is 35.7 Å². The molecule has 2 heterocycles. The third-order valence-electron chi connectivity index (χ3n) is 3.19. The Morgan fingerprint density at radius 3 is 2.75 bits per heavy atom. The van der Waals surface area contributed by atoms with Gasteiger partial charge in [0.25, 0.3) is 0 Å². The number of hydrogen-bond donors (Lipinski definition) is 1. The molecule has 0 unspecified atom stereocenters. The van der Waals surface area contributed by atoms with E-state index in [1.807, 2.05) is 42.6 Å². The first-order valence-electron chi connectivity index (χ1n) is 6.50. The molecule has 0 fully saturated rings. The molecule has 0 amide bonds. The summed E-state index contributed by atoms with van der Waals surface area (Å²) in [5.74, 6) is -0.920. The molecule has 4 nitrogen and oxygen atoms in total. The predicted molar refractivity (Wildman–Crippen MR) is 79.5 cm³/mol. The first-order valence-corrected chi connectivity index (χ1v) is 7.38. The first kappa shape index (κ1) is 12.9. The van der Waals surface area contributed by atoms with E-state index in [9.17, 15) is 9.90 Å². The van der Waals surface area contributed by atoms with Crippen LogP contribution in [0.5, 0.6) is 0 Å². The summed E-state index contributed by atoms with van der Waals surface area (Å²) in [6, 6.07) is 9.80. The van der Waals surface area contributed by atoms with Gasteiger partial charge in [0, 0.05) is 5.38 Å². The van der Waals surface area contributed by atoms with E-state index in [0.29, 0.717) is 17.8 Å². The lowest BCUT2D eigenvalue weighted by Gasteiger charge is -2.03. The highest BCUT2D eigenvalue weighted by Crippen LogP contribution is 2.29. The summed E-state index contributed by atoms with van der Waals surface area (Å²) in [6.45, 7) is 2.02. The van der Waals surface area contributed by atoms with Gasteiger partial charge in [0.15, 0.2) is 10.7 Å². The Hall–Kier alpha value is -2.14. The predicted octanol–water partition coefficient (Wildman–Crippen LogP) is 3.71. The van der Waals surface area contributed by atoms with Gasteiger partial charge in [-0.3, -0.25) is 4.40 Å². The standard InChI is InChI=1S/C15H14N2O2S/c1-2-6-11-13(14(18)19)17-12(9-20-15(17)16-11)10-7-4-3-5-8-10/h3-5,7-9H,2,6H2,1H3,(H,18,19). The molecule has 0 saturated heterocycles. The molecule has 20 heavy (non-hydrogen) atoms. The van der Waals surface area contributed by atoms with Crippen LogP contribution in [0.4, 0.5) is 0 Å². The molecule has 0 spiro atoms. The highest BCUT2D eigenvalue weighted by atomic mass is 32.1. The molecule has 102 valence electrons. The Morgan fingerprint density at radius 2 is 2.10 bits per heavy atom. The fourth-order valence-electron chi connectivity index (χ4n) is 2.34. The number of rotatable bonds is 4. The van der Waals surface area contributed by atoms with Crippen molar-refractivity contribution in [3.8, 4) is 11.3 Å². The average molecular weight is 286 g/mol. The molecule has 0 saturated carbocycles. The number of carboxylic acid groups (broad SMARTS) is 1. The van der Waals surface area contributed by atoms with Crippen LogP contribution < -0.4 is 0 Å². The van der Waals surface area contributed by atoms with Crippen molar-refractivity contribution in [2.45, 2.75) is 19.8 Å². The van der Waals surface area contributed by atoms with Crippen molar-refractivity contribution in [1.82, 2.24) is 9.38 Å². The van der Waals surface area contributed by atoms with Gasteiger partial charge in [0.1, 0.15) is 0 Å². The number of imidazole rings is 1. The lowest BCUT2D eigenvalue weighted by molar-refractivity contribution is 0.0688. The van der Waals surface area contributed by atoms with E-state index in [1.54, 1.807) is 4.40 Å². The number of fused-ring (bicyclic) bond motifs is 1. The first-order chi connectivity index (χ1) is 9.72. The van der Waals surface area contributed by atoms with Crippen molar-refractivity contribution in [2.75, 3.05) is 0 Å². The number of aromatic carboxylic acids is 1. The van der Waals surface area contributed by atoms with Crippen LogP contribution in [-0.4, -0.2) is 20.5 Å². The monoisotopic (exact) mass is 286 g/mol. The summed E-state index contributed by atoms with van der Waals surface area (Å²) in [6.07, 6.45) is 1.57. The van der Waals surface area contributed by atoms with E-state index in [-0.39, 0.29) is 0 Å². The van der Waals surface area contributed by atoms with E-state index in [4.69, 9.17) is 0 Å². The van der Waals surface area contributed by atoms with E-state index in [0.717, 1.165) is 22.6 Å². The highest BCUT2D eigenvalue weighted by Gasteiger charge is 2.21. The average Bonchev–Trinajstić information content (AvgIpc) is 2.98. The number of nitrogens with zero attached hydrogens (tertiary/aromatic N) is 2. The topological polar surface area (TPSA) is 54.6 Å². The van der Waals surface area contributed by atoms with E-state index in [2.05, 4.69) is 4.98 Å². The molecule has 5 heteroatoms. The largest absolute Gasteiger partial charge is 0.477 e. The number of thiazole rings is 1. The molecule has 2 aromatic heterocycles. The van der Waals surface area contributed by atoms with Crippen molar-refractivity contribution < 1.29 is 9.90 Å². The number of hydrogen-bond acceptors (Lipinski definition) is 3. The summed E-state index contributed by atoms with van der Waals surface area (Å²) in [4.78, 5) is 16.8. The van der Waals surface area contributed by atoms with Crippen LogP contribution in [0.1, 0.15) is 29.5 Å². The third kappa shape index (κ3) is 2.00. The number of benzene rings is 1. The maximum atomic E-state index is 11.6. The second-order valence-electron chi connectivity index (χ2n) is 4.57. The van der Waals surface area contributed by atoms with Crippen LogP contribution >= 0.6 is 11.3 Å². The maximum Gasteiger partial charge on any atom is 0.354 e. The molecule has 0 atom stereocenters. The zero-order chi connectivity index (χ0) is 14.1. The van der Waals surface area contributed by atoms with Crippen LogP contribution in [0, 0.1) is 0 Å². The van der Waals surface area contributed by atoms with Gasteiger partial charge >= 0.3 is 5.97 Å². The minimum atomic E-state index is -0.920. The van der Waals surface area contributed by atoms with Gasteiger partial charge in [0.2, 0.25) is 0 Å². The number of carbonyl (C=O) groups is 1. The fourth-order valence-corrected chi connectivity index (χ4v) is 3.26. The van der Waals surface area contributed by atoms with Crippen LogP contribution in [0.2, 0.25) is 0 Å². The summed E-state index contributed by atoms with van der Waals surface area (Å²) in [7, 11) is 0. The minimum absolute atomic E-state index is 0.293. The minimum Gasteiger partial charge on any atom is -0.477 e. The molecule has 0 bridgehead atoms. The van der Waals surface area contributed by atoms with Gasteiger partial charge in [-0.15, -0.1) is 11.3 Å². The van der Waals surface area contributed by atoms with Gasteiger partial charge in [-0.2, -0.15) is 0 Å². The van der Waals surface area contributed by atoms with Gasteiger partial charge < -0.3 is 5.11 Å². The molecule has 1 N–H and O–H groups in total. The van der Waals surface area contributed by atoms with Gasteiger partial charge in [-0.05, 0) is 12.0 Å². The van der Waals surface area contributed by atoms with Crippen molar-refractivity contribution >= 4 is 22.3 Å². The summed E-state index contributed by atoms with van der Waals surface area (Å²) in [5.41, 5.74) is 2.85. The zero-order valence-corrected chi connectivity index (χ0v) is 11.9. The summed E-state index contributed by atoms with van der Waals surface area (Å²) >= 11 is 1.48. The Balaban J connectivity index is 2.27. The Morgan fingerprint density at radius 1 is 1.35 bits per heavy atom. The van der Waals surface area contributed by atoms with Crippen LogP contribution in [-0.2, 0) is 6.42 Å². The molecule has 0 aliphatic carbocycles. The SMILES string of the molecule is CCCc1nc2scc(-c3ccccc3)n2c1C(=O)O. The lowest BCUT2D eigenvalue weighted by Crippen LogP contribution is -2.06. The quantitative estimate of drug-likeness (QED) is 0.795. The fraction of sp³-hybridized carbons (Fsp3) is 0.200. The molecule has 3 rings (SSSR count). The molecular formula is C15H14N2O2S. The molecule has 3 aromatic rings. The molecule has 1 aromatic carbocycles. The molecular weight excluding hydrogens is 272 g/mol. The Labute approximate surface area is 120 Å². The van der Waals surface area contributed by atoms with Crippen molar-refractivity contribution in [2.24, 2.45) is 0 Å². The third-order valence-corrected chi connectivity index (χ3v) is 4.02. The summed E-state index contributed by atoms with van der Waals surface area (Å²) < 4.78 is 1.76. The second kappa shape index (κ2) is 5.09.